The van der Waals surface area contributed by atoms with Crippen LogP contribution in [0.5, 0.6) is 0 Å². The first-order valence-corrected chi connectivity index (χ1v) is 4.83. The van der Waals surface area contributed by atoms with Crippen molar-refractivity contribution in [3.63, 3.8) is 0 Å². The Morgan fingerprint density at radius 3 is 2.69 bits per heavy atom. The van der Waals surface area contributed by atoms with Crippen LogP contribution in [0.25, 0.3) is 0 Å². The molecule has 0 aliphatic heterocycles. The number of nitrogens with zero attached hydrogens (tertiary/aromatic N) is 2. The molecule has 1 aromatic heterocycles. The molecule has 2 rings (SSSR count). The van der Waals surface area contributed by atoms with Crippen LogP contribution >= 0.6 is 0 Å². The molecule has 0 atom stereocenters. The summed E-state index contributed by atoms with van der Waals surface area (Å²) in [5.74, 6) is 0. The fourth-order valence-electron chi connectivity index (χ4n) is 1.58. The van der Waals surface area contributed by atoms with E-state index in [0.717, 1.165) is 12.8 Å². The first-order chi connectivity index (χ1) is 6.18. The van der Waals surface area contributed by atoms with Gasteiger partial charge in [0.2, 0.25) is 0 Å². The predicted octanol–water partition coefficient (Wildman–Crippen LogP) is 1.49. The number of hydrogen-bond acceptors (Lipinski definition) is 2. The zero-order valence-corrected chi connectivity index (χ0v) is 8.20. The Bertz CT molecular complexity index is 300. The first kappa shape index (κ1) is 8.75. The maximum Gasteiger partial charge on any atom is 0.0529 e. The highest BCUT2D eigenvalue weighted by Gasteiger charge is 2.44. The maximum absolute atomic E-state index is 9.22. The molecule has 1 aliphatic carbocycles. The van der Waals surface area contributed by atoms with E-state index in [4.69, 9.17) is 0 Å². The van der Waals surface area contributed by atoms with Gasteiger partial charge >= 0.3 is 0 Å². The molecule has 0 spiro atoms. The van der Waals surface area contributed by atoms with Crippen molar-refractivity contribution >= 4 is 0 Å². The molecule has 3 heteroatoms. The Balaban J connectivity index is 2.23. The third kappa shape index (κ3) is 1.37. The lowest BCUT2D eigenvalue weighted by Gasteiger charge is -2.08. The van der Waals surface area contributed by atoms with E-state index in [1.54, 1.807) is 0 Å². The molecule has 1 aliphatic rings. The topological polar surface area (TPSA) is 38.0 Å². The summed E-state index contributed by atoms with van der Waals surface area (Å²) < 4.78 is 1.95. The van der Waals surface area contributed by atoms with Crippen molar-refractivity contribution in [1.29, 1.82) is 0 Å². The van der Waals surface area contributed by atoms with E-state index in [1.165, 1.54) is 5.56 Å². The van der Waals surface area contributed by atoms with Gasteiger partial charge < -0.3 is 5.11 Å². The van der Waals surface area contributed by atoms with Crippen LogP contribution < -0.4 is 0 Å². The molecular formula is C10H16N2O. The van der Waals surface area contributed by atoms with Crippen LogP contribution in [0, 0.1) is 0 Å². The van der Waals surface area contributed by atoms with E-state index in [-0.39, 0.29) is 12.0 Å². The second kappa shape index (κ2) is 2.84. The van der Waals surface area contributed by atoms with E-state index in [2.05, 4.69) is 25.1 Å². The molecule has 0 bridgehead atoms. The van der Waals surface area contributed by atoms with Gasteiger partial charge in [-0.1, -0.05) is 0 Å². The fourth-order valence-corrected chi connectivity index (χ4v) is 1.58. The second-order valence-electron chi connectivity index (χ2n) is 4.24. The fraction of sp³-hybridized carbons (Fsp3) is 0.700. The predicted molar refractivity (Wildman–Crippen MR) is 50.6 cm³/mol. The van der Waals surface area contributed by atoms with Crippen LogP contribution in [0.2, 0.25) is 0 Å². The van der Waals surface area contributed by atoms with Crippen molar-refractivity contribution in [1.82, 2.24) is 9.78 Å². The molecule has 0 saturated heterocycles. The van der Waals surface area contributed by atoms with Gasteiger partial charge in [0.05, 0.1) is 12.8 Å². The minimum atomic E-state index is 0.0626. The molecule has 1 aromatic rings. The smallest absolute Gasteiger partial charge is 0.0529 e. The molecular weight excluding hydrogens is 164 g/mol. The van der Waals surface area contributed by atoms with Crippen molar-refractivity contribution in [3.8, 4) is 0 Å². The van der Waals surface area contributed by atoms with Gasteiger partial charge in [-0.3, -0.25) is 4.68 Å². The van der Waals surface area contributed by atoms with Crippen molar-refractivity contribution < 1.29 is 5.11 Å². The zero-order valence-electron chi connectivity index (χ0n) is 8.20. The summed E-state index contributed by atoms with van der Waals surface area (Å²) in [5.41, 5.74) is 1.26. The lowest BCUT2D eigenvalue weighted by Crippen LogP contribution is -2.10. The Hall–Kier alpha value is -0.830. The van der Waals surface area contributed by atoms with E-state index in [9.17, 15) is 5.11 Å². The third-order valence-electron chi connectivity index (χ3n) is 2.90. The summed E-state index contributed by atoms with van der Waals surface area (Å²) in [7, 11) is 0. The van der Waals surface area contributed by atoms with Gasteiger partial charge in [-0.25, -0.2) is 0 Å². The quantitative estimate of drug-likeness (QED) is 0.765. The van der Waals surface area contributed by atoms with Crippen LogP contribution in [-0.2, 0) is 5.41 Å². The Kier molecular flexibility index (Phi) is 1.91. The number of aliphatic hydroxyl groups excluding tert-OH is 1. The summed E-state index contributed by atoms with van der Waals surface area (Å²) in [6.07, 6.45) is 6.16. The van der Waals surface area contributed by atoms with Crippen LogP contribution in [0.3, 0.4) is 0 Å². The minimum absolute atomic E-state index is 0.0626. The minimum Gasteiger partial charge on any atom is -0.395 e. The molecule has 0 aromatic carbocycles. The van der Waals surface area contributed by atoms with Gasteiger partial charge in [0.25, 0.3) is 0 Å². The van der Waals surface area contributed by atoms with E-state index >= 15 is 0 Å². The van der Waals surface area contributed by atoms with E-state index in [1.807, 2.05) is 10.9 Å². The lowest BCUT2D eigenvalue weighted by molar-refractivity contribution is 0.255. The Morgan fingerprint density at radius 2 is 2.31 bits per heavy atom. The number of aliphatic hydroxyl groups is 1. The summed E-state index contributed by atoms with van der Waals surface area (Å²) in [4.78, 5) is 0. The van der Waals surface area contributed by atoms with Crippen molar-refractivity contribution in [2.24, 2.45) is 0 Å². The summed E-state index contributed by atoms with van der Waals surface area (Å²) in [5, 5.41) is 13.5. The van der Waals surface area contributed by atoms with Gasteiger partial charge in [-0.2, -0.15) is 5.10 Å². The Labute approximate surface area is 78.4 Å². The number of aromatic nitrogens is 2. The highest BCUT2D eigenvalue weighted by molar-refractivity contribution is 5.27. The molecule has 1 N–H and O–H groups in total. The van der Waals surface area contributed by atoms with E-state index in [0.29, 0.717) is 6.04 Å². The van der Waals surface area contributed by atoms with Crippen LogP contribution in [0.1, 0.15) is 38.3 Å². The van der Waals surface area contributed by atoms with Crippen LogP contribution in [0.15, 0.2) is 12.4 Å². The molecule has 1 saturated carbocycles. The van der Waals surface area contributed by atoms with Crippen molar-refractivity contribution in [2.75, 3.05) is 6.61 Å². The number of hydrogen-bond donors (Lipinski definition) is 1. The van der Waals surface area contributed by atoms with Gasteiger partial charge in [0, 0.05) is 17.7 Å². The second-order valence-corrected chi connectivity index (χ2v) is 4.24. The average molecular weight is 180 g/mol. The van der Waals surface area contributed by atoms with E-state index < -0.39 is 0 Å². The lowest BCUT2D eigenvalue weighted by atomic mass is 10.0. The molecule has 72 valence electrons. The van der Waals surface area contributed by atoms with Gasteiger partial charge in [-0.05, 0) is 32.3 Å². The summed E-state index contributed by atoms with van der Waals surface area (Å²) in [6.45, 7) is 4.47. The van der Waals surface area contributed by atoms with Gasteiger partial charge in [-0.15, -0.1) is 0 Å². The SMILES string of the molecule is CC(C)n1cc(C2(CO)CC2)cn1. The first-order valence-electron chi connectivity index (χ1n) is 4.83. The van der Waals surface area contributed by atoms with Gasteiger partial charge in [0.15, 0.2) is 0 Å². The highest BCUT2D eigenvalue weighted by Crippen LogP contribution is 2.47. The molecule has 1 heterocycles. The Morgan fingerprint density at radius 1 is 1.62 bits per heavy atom. The summed E-state index contributed by atoms with van der Waals surface area (Å²) in [6, 6.07) is 0.406. The van der Waals surface area contributed by atoms with Crippen molar-refractivity contribution in [3.05, 3.63) is 18.0 Å². The maximum atomic E-state index is 9.22. The third-order valence-corrected chi connectivity index (χ3v) is 2.90. The molecule has 0 unspecified atom stereocenters. The average Bonchev–Trinajstić information content (AvgIpc) is 2.75. The monoisotopic (exact) mass is 180 g/mol. The van der Waals surface area contributed by atoms with Crippen LogP contribution in [0.4, 0.5) is 0 Å². The van der Waals surface area contributed by atoms with Crippen LogP contribution in [-0.4, -0.2) is 21.5 Å². The molecule has 0 amide bonds. The largest absolute Gasteiger partial charge is 0.395 e. The van der Waals surface area contributed by atoms with Crippen molar-refractivity contribution in [2.45, 2.75) is 38.1 Å². The number of rotatable bonds is 3. The highest BCUT2D eigenvalue weighted by atomic mass is 16.3. The normalized spacial score (nSPS) is 19.4. The molecule has 0 radical (unpaired) electrons. The zero-order chi connectivity index (χ0) is 9.47. The summed E-state index contributed by atoms with van der Waals surface area (Å²) >= 11 is 0. The van der Waals surface area contributed by atoms with Gasteiger partial charge in [0.1, 0.15) is 0 Å². The molecule has 13 heavy (non-hydrogen) atoms. The standard InChI is InChI=1S/C10H16N2O/c1-8(2)12-6-9(5-11-12)10(7-13)3-4-10/h5-6,8,13H,3-4,7H2,1-2H3. The molecule has 3 nitrogen and oxygen atoms in total. The molecule has 1 fully saturated rings.